The summed E-state index contributed by atoms with van der Waals surface area (Å²) in [6.07, 6.45) is 26.8. The van der Waals surface area contributed by atoms with Crippen LogP contribution in [0.4, 0.5) is 0 Å². The van der Waals surface area contributed by atoms with Crippen molar-refractivity contribution >= 4 is 49.7 Å². The molecule has 56 heavy (non-hydrogen) atoms. The van der Waals surface area contributed by atoms with E-state index < -0.39 is 0 Å². The minimum absolute atomic E-state index is 0.153. The van der Waals surface area contributed by atoms with Gasteiger partial charge < -0.3 is 10.3 Å². The van der Waals surface area contributed by atoms with Gasteiger partial charge in [0.05, 0.1) is 5.69 Å². The number of benzene rings is 5. The molecule has 0 amide bonds. The normalized spacial score (nSPS) is 17.3. The van der Waals surface area contributed by atoms with Gasteiger partial charge in [0.1, 0.15) is 0 Å². The average Bonchev–Trinajstić information content (AvgIpc) is 3.81. The third kappa shape index (κ3) is 6.35. The maximum Gasteiger partial charge on any atom is 0.0537 e. The van der Waals surface area contributed by atoms with Crippen LogP contribution in [0.1, 0.15) is 83.3 Å². The molecule has 0 bridgehead atoms. The Morgan fingerprint density at radius 2 is 1.55 bits per heavy atom. The topological polar surface area (TPSA) is 30.9 Å². The van der Waals surface area contributed by atoms with Crippen LogP contribution in [0.25, 0.3) is 55.2 Å². The lowest BCUT2D eigenvalue weighted by Crippen LogP contribution is -2.10. The van der Waals surface area contributed by atoms with Gasteiger partial charge in [-0.1, -0.05) is 152 Å². The molecule has 10 rings (SSSR count). The first kappa shape index (κ1) is 34.7. The Labute approximate surface area is 334 Å². The van der Waals surface area contributed by atoms with E-state index in [1.165, 1.54) is 94.6 Å². The van der Waals surface area contributed by atoms with Crippen molar-refractivity contribution in [3.63, 3.8) is 0 Å². The predicted octanol–water partition coefficient (Wildman–Crippen LogP) is 14.0. The molecule has 274 valence electrons. The molecule has 3 aliphatic carbocycles. The smallest absolute Gasteiger partial charge is 0.0537 e. The van der Waals surface area contributed by atoms with Gasteiger partial charge in [0.25, 0.3) is 0 Å². The van der Waals surface area contributed by atoms with Crippen LogP contribution < -0.4 is 5.73 Å². The standard InChI is InChI=1S/C53H46N2S/c54-48(38-19-5-2-6-20-38)35-39(36-16-3-1-4-17-36)31-30-37-18-7-8-21-41(37)40-32-33-51-47(34-40)43-23-10-13-28-50(43)55(51)49-27-12-9-22-42(49)45-25-15-26-46-44-24-11-14-29-52(44)56-53(45)46/h2,5-12,14-16,18-27,29-33,35,40,48H,1,3-4,13,17,28,34,54H2/b31-30+,39-35+. The van der Waals surface area contributed by atoms with Crippen LogP contribution in [0.5, 0.6) is 0 Å². The van der Waals surface area contributed by atoms with E-state index in [0.717, 1.165) is 37.7 Å². The Hall–Kier alpha value is -5.74. The van der Waals surface area contributed by atoms with Crippen LogP contribution in [0.3, 0.4) is 0 Å². The highest BCUT2D eigenvalue weighted by molar-refractivity contribution is 7.26. The van der Waals surface area contributed by atoms with Crippen molar-refractivity contribution in [3.8, 4) is 16.8 Å². The van der Waals surface area contributed by atoms with Gasteiger partial charge in [-0.3, -0.25) is 0 Å². The third-order valence-electron chi connectivity index (χ3n) is 12.1. The van der Waals surface area contributed by atoms with E-state index in [9.17, 15) is 0 Å². The first-order valence-corrected chi connectivity index (χ1v) is 21.1. The van der Waals surface area contributed by atoms with Gasteiger partial charge in [0.2, 0.25) is 0 Å². The van der Waals surface area contributed by atoms with Crippen molar-refractivity contribution in [2.75, 3.05) is 0 Å². The van der Waals surface area contributed by atoms with Crippen LogP contribution in [0, 0.1) is 0 Å². The molecular weight excluding hydrogens is 697 g/mol. The molecule has 0 saturated carbocycles. The molecule has 0 fully saturated rings. The molecule has 0 radical (unpaired) electrons. The van der Waals surface area contributed by atoms with Crippen LogP contribution >= 0.6 is 11.3 Å². The number of allylic oxidation sites excluding steroid dienone is 6. The summed E-state index contributed by atoms with van der Waals surface area (Å²) in [6, 6.07) is 44.0. The van der Waals surface area contributed by atoms with Crippen LogP contribution in [0.2, 0.25) is 0 Å². The van der Waals surface area contributed by atoms with Gasteiger partial charge in [-0.2, -0.15) is 0 Å². The van der Waals surface area contributed by atoms with E-state index >= 15 is 0 Å². The molecule has 3 aliphatic rings. The molecule has 0 aliphatic heterocycles. The molecular formula is C53H46N2S. The van der Waals surface area contributed by atoms with Crippen LogP contribution in [0.15, 0.2) is 163 Å². The van der Waals surface area contributed by atoms with Crippen molar-refractivity contribution in [1.29, 1.82) is 0 Å². The van der Waals surface area contributed by atoms with Crippen molar-refractivity contribution in [1.82, 2.24) is 4.57 Å². The summed E-state index contributed by atoms with van der Waals surface area (Å²) in [5.41, 5.74) is 22.7. The first-order valence-electron chi connectivity index (χ1n) is 20.3. The number of thiophene rings is 1. The van der Waals surface area contributed by atoms with Gasteiger partial charge in [0.15, 0.2) is 0 Å². The Bertz CT molecular complexity index is 2750. The van der Waals surface area contributed by atoms with E-state index in [2.05, 4.69) is 175 Å². The Morgan fingerprint density at radius 3 is 2.46 bits per heavy atom. The van der Waals surface area contributed by atoms with Crippen molar-refractivity contribution < 1.29 is 0 Å². The number of hydrogen-bond donors (Lipinski definition) is 1. The highest BCUT2D eigenvalue weighted by atomic mass is 32.1. The molecule has 2 unspecified atom stereocenters. The first-order chi connectivity index (χ1) is 27.7. The number of nitrogens with two attached hydrogens (primary N) is 1. The Kier molecular flexibility index (Phi) is 9.34. The maximum absolute atomic E-state index is 6.79. The zero-order valence-electron chi connectivity index (χ0n) is 31.7. The van der Waals surface area contributed by atoms with E-state index in [1.54, 1.807) is 0 Å². The highest BCUT2D eigenvalue weighted by Gasteiger charge is 2.29. The zero-order chi connectivity index (χ0) is 37.4. The van der Waals surface area contributed by atoms with Gasteiger partial charge in [-0.25, -0.2) is 0 Å². The summed E-state index contributed by atoms with van der Waals surface area (Å²) in [6.45, 7) is 0. The van der Waals surface area contributed by atoms with E-state index in [1.807, 2.05) is 11.3 Å². The molecule has 0 spiro atoms. The molecule has 3 heteroatoms. The molecule has 2 N–H and O–H groups in total. The van der Waals surface area contributed by atoms with Gasteiger partial charge in [0, 0.05) is 54.6 Å². The summed E-state index contributed by atoms with van der Waals surface area (Å²) in [4.78, 5) is 0. The zero-order valence-corrected chi connectivity index (χ0v) is 32.5. The minimum Gasteiger partial charge on any atom is -0.321 e. The average molecular weight is 743 g/mol. The van der Waals surface area contributed by atoms with Crippen molar-refractivity contribution in [3.05, 3.63) is 202 Å². The van der Waals surface area contributed by atoms with Crippen molar-refractivity contribution in [2.24, 2.45) is 5.73 Å². The lowest BCUT2D eigenvalue weighted by atomic mass is 9.83. The largest absolute Gasteiger partial charge is 0.321 e. The van der Waals surface area contributed by atoms with Gasteiger partial charge >= 0.3 is 0 Å². The minimum atomic E-state index is -0.153. The molecule has 2 aromatic heterocycles. The molecule has 2 nitrogen and oxygen atoms in total. The van der Waals surface area contributed by atoms with E-state index in [0.29, 0.717) is 0 Å². The molecule has 7 aromatic rings. The SMILES string of the molecule is NC(/C=C(\C=C\c1ccccc1C1C=Cc2c(c3c(n2-c2ccccc2-c2cccc4c2sc2ccccc24)CCC=C3)C1)C1=CCCCC1)c1ccccc1. The van der Waals surface area contributed by atoms with Crippen LogP contribution in [-0.2, 0) is 12.8 Å². The number of hydrogen-bond acceptors (Lipinski definition) is 2. The predicted molar refractivity (Wildman–Crippen MR) is 240 cm³/mol. The lowest BCUT2D eigenvalue weighted by molar-refractivity contribution is 0.707. The maximum atomic E-state index is 6.79. The Morgan fingerprint density at radius 1 is 0.750 bits per heavy atom. The summed E-state index contributed by atoms with van der Waals surface area (Å²) < 4.78 is 5.29. The second-order valence-electron chi connectivity index (χ2n) is 15.5. The van der Waals surface area contributed by atoms with Crippen LogP contribution in [-0.4, -0.2) is 4.57 Å². The summed E-state index contributed by atoms with van der Waals surface area (Å²) >= 11 is 1.91. The molecule has 2 atom stereocenters. The van der Waals surface area contributed by atoms with E-state index in [4.69, 9.17) is 5.73 Å². The number of aromatic nitrogens is 1. The second kappa shape index (κ2) is 15.1. The van der Waals surface area contributed by atoms with Gasteiger partial charge in [-0.05, 0) is 102 Å². The number of fused-ring (bicyclic) bond motifs is 6. The Balaban J connectivity index is 1.03. The summed E-state index contributed by atoms with van der Waals surface area (Å²) in [5.74, 6) is 0.272. The summed E-state index contributed by atoms with van der Waals surface area (Å²) in [7, 11) is 0. The molecule has 0 saturated heterocycles. The molecule has 5 aromatic carbocycles. The quantitative estimate of drug-likeness (QED) is 0.154. The second-order valence-corrected chi connectivity index (χ2v) is 16.5. The van der Waals surface area contributed by atoms with E-state index in [-0.39, 0.29) is 12.0 Å². The monoisotopic (exact) mass is 742 g/mol. The fourth-order valence-electron chi connectivity index (χ4n) is 9.32. The number of para-hydroxylation sites is 1. The summed E-state index contributed by atoms with van der Waals surface area (Å²) in [5, 5.41) is 2.68. The van der Waals surface area contributed by atoms with Crippen molar-refractivity contribution in [2.45, 2.75) is 56.9 Å². The highest BCUT2D eigenvalue weighted by Crippen LogP contribution is 2.45. The third-order valence-corrected chi connectivity index (χ3v) is 13.3. The fourth-order valence-corrected chi connectivity index (χ4v) is 10.6. The fraction of sp³-hybridized carbons (Fsp3) is 0.170. The van der Waals surface area contributed by atoms with Gasteiger partial charge in [-0.15, -0.1) is 11.3 Å². The lowest BCUT2D eigenvalue weighted by Gasteiger charge is -2.22. The number of rotatable bonds is 8. The molecule has 2 heterocycles. The number of nitrogens with zero attached hydrogens (tertiary/aromatic N) is 1.